The first kappa shape index (κ1) is 21.0. The largest absolute Gasteiger partial charge is 0.494 e. The number of unbranched alkanes of at least 4 members (excludes halogenated alkanes) is 3. The summed E-state index contributed by atoms with van der Waals surface area (Å²) < 4.78 is 28.3. The first-order valence-corrected chi connectivity index (χ1v) is 11.2. The van der Waals surface area contributed by atoms with Crippen LogP contribution >= 0.6 is 0 Å². The van der Waals surface area contributed by atoms with Gasteiger partial charge in [0, 0.05) is 17.5 Å². The highest BCUT2D eigenvalue weighted by atomic mass is 32.2. The zero-order valence-electron chi connectivity index (χ0n) is 15.9. The Morgan fingerprint density at radius 3 is 2.22 bits per heavy atom. The molecule has 0 bridgehead atoms. The summed E-state index contributed by atoms with van der Waals surface area (Å²) in [6.45, 7) is 2.88. The average Bonchev–Trinajstić information content (AvgIpc) is 2.62. The number of hydrogen-bond donors (Lipinski definition) is 1. The first-order chi connectivity index (χ1) is 12.9. The van der Waals surface area contributed by atoms with Crippen molar-refractivity contribution in [2.75, 3.05) is 18.2 Å². The predicted molar refractivity (Wildman–Crippen MR) is 109 cm³/mol. The van der Waals surface area contributed by atoms with Crippen LogP contribution in [0.1, 0.15) is 48.5 Å². The number of hydrogen-bond acceptors (Lipinski definition) is 4. The van der Waals surface area contributed by atoms with E-state index in [0.29, 0.717) is 23.4 Å². The van der Waals surface area contributed by atoms with Crippen LogP contribution in [0.15, 0.2) is 48.5 Å². The van der Waals surface area contributed by atoms with Gasteiger partial charge in [0.2, 0.25) is 0 Å². The van der Waals surface area contributed by atoms with Gasteiger partial charge in [-0.1, -0.05) is 38.3 Å². The van der Waals surface area contributed by atoms with Crippen molar-refractivity contribution in [1.82, 2.24) is 0 Å². The van der Waals surface area contributed by atoms with E-state index >= 15 is 0 Å². The maximum absolute atomic E-state index is 12.3. The average molecular weight is 390 g/mol. The number of amides is 1. The minimum absolute atomic E-state index is 0.0329. The van der Waals surface area contributed by atoms with Crippen LogP contribution in [0.25, 0.3) is 0 Å². The molecular formula is C21H27NO4S. The number of rotatable bonds is 10. The Morgan fingerprint density at radius 2 is 1.63 bits per heavy atom. The van der Waals surface area contributed by atoms with E-state index in [-0.39, 0.29) is 11.7 Å². The molecule has 0 aliphatic rings. The van der Waals surface area contributed by atoms with Gasteiger partial charge in [-0.25, -0.2) is 8.42 Å². The summed E-state index contributed by atoms with van der Waals surface area (Å²) >= 11 is 0. The first-order valence-electron chi connectivity index (χ1n) is 9.18. The number of sulfone groups is 1. The SMILES string of the molecule is CCCCCCOc1ccc(NC(=O)c2ccc(CS(C)(=O)=O)cc2)cc1. The fraction of sp³-hybridized carbons (Fsp3) is 0.381. The lowest BCUT2D eigenvalue weighted by Gasteiger charge is -2.09. The van der Waals surface area contributed by atoms with Crippen molar-refractivity contribution < 1.29 is 17.9 Å². The monoisotopic (exact) mass is 389 g/mol. The van der Waals surface area contributed by atoms with E-state index in [1.54, 1.807) is 36.4 Å². The lowest BCUT2D eigenvalue weighted by Crippen LogP contribution is -2.12. The Labute approximate surface area is 161 Å². The van der Waals surface area contributed by atoms with Gasteiger partial charge >= 0.3 is 0 Å². The molecule has 2 rings (SSSR count). The van der Waals surface area contributed by atoms with E-state index < -0.39 is 9.84 Å². The van der Waals surface area contributed by atoms with Gasteiger partial charge in [-0.05, 0) is 48.4 Å². The van der Waals surface area contributed by atoms with Gasteiger partial charge in [-0.15, -0.1) is 0 Å². The summed E-state index contributed by atoms with van der Waals surface area (Å²) in [6, 6.07) is 13.9. The molecule has 0 aromatic heterocycles. The minimum atomic E-state index is -3.09. The highest BCUT2D eigenvalue weighted by Crippen LogP contribution is 2.17. The molecule has 2 aromatic rings. The minimum Gasteiger partial charge on any atom is -0.494 e. The van der Waals surface area contributed by atoms with Crippen LogP contribution in [0.2, 0.25) is 0 Å². The lowest BCUT2D eigenvalue weighted by molar-refractivity contribution is 0.102. The third kappa shape index (κ3) is 7.83. The molecule has 1 amide bonds. The molecular weight excluding hydrogens is 362 g/mol. The quantitative estimate of drug-likeness (QED) is 0.610. The molecule has 0 aliphatic carbocycles. The highest BCUT2D eigenvalue weighted by Gasteiger charge is 2.08. The molecule has 0 spiro atoms. The lowest BCUT2D eigenvalue weighted by atomic mass is 10.1. The van der Waals surface area contributed by atoms with Gasteiger partial charge in [0.1, 0.15) is 5.75 Å². The molecule has 1 N–H and O–H groups in total. The van der Waals surface area contributed by atoms with Gasteiger partial charge in [0.25, 0.3) is 5.91 Å². The maximum Gasteiger partial charge on any atom is 0.255 e. The molecule has 5 nitrogen and oxygen atoms in total. The van der Waals surface area contributed by atoms with Crippen LogP contribution < -0.4 is 10.1 Å². The summed E-state index contributed by atoms with van der Waals surface area (Å²) in [4.78, 5) is 12.3. The van der Waals surface area contributed by atoms with Crippen LogP contribution in [0.3, 0.4) is 0 Å². The summed E-state index contributed by atoms with van der Waals surface area (Å²) in [6.07, 6.45) is 5.83. The summed E-state index contributed by atoms with van der Waals surface area (Å²) in [5.41, 5.74) is 1.82. The fourth-order valence-electron chi connectivity index (χ4n) is 2.61. The molecule has 2 aromatic carbocycles. The van der Waals surface area contributed by atoms with Gasteiger partial charge in [0.05, 0.1) is 12.4 Å². The van der Waals surface area contributed by atoms with Crippen LogP contribution in [0.5, 0.6) is 5.75 Å². The number of carbonyl (C=O) groups excluding carboxylic acids is 1. The fourth-order valence-corrected chi connectivity index (χ4v) is 3.41. The zero-order chi connectivity index (χ0) is 19.7. The van der Waals surface area contributed by atoms with Crippen molar-refractivity contribution >= 4 is 21.4 Å². The molecule has 0 unspecified atom stereocenters. The van der Waals surface area contributed by atoms with E-state index in [4.69, 9.17) is 4.74 Å². The van der Waals surface area contributed by atoms with Crippen molar-refractivity contribution in [3.05, 3.63) is 59.7 Å². The van der Waals surface area contributed by atoms with Crippen molar-refractivity contribution in [2.24, 2.45) is 0 Å². The normalized spacial score (nSPS) is 11.2. The Balaban J connectivity index is 1.86. The van der Waals surface area contributed by atoms with Crippen molar-refractivity contribution in [3.8, 4) is 5.75 Å². The Morgan fingerprint density at radius 1 is 0.963 bits per heavy atom. The van der Waals surface area contributed by atoms with Crippen LogP contribution in [-0.2, 0) is 15.6 Å². The second-order valence-corrected chi connectivity index (χ2v) is 8.79. The van der Waals surface area contributed by atoms with Crippen molar-refractivity contribution in [1.29, 1.82) is 0 Å². The number of carbonyl (C=O) groups is 1. The van der Waals surface area contributed by atoms with Crippen molar-refractivity contribution in [3.63, 3.8) is 0 Å². The molecule has 146 valence electrons. The molecule has 0 atom stereocenters. The van der Waals surface area contributed by atoms with E-state index in [2.05, 4.69) is 12.2 Å². The second-order valence-electron chi connectivity index (χ2n) is 6.65. The topological polar surface area (TPSA) is 72.5 Å². The summed E-state index contributed by atoms with van der Waals surface area (Å²) in [7, 11) is -3.09. The molecule has 0 aliphatic heterocycles. The molecule has 0 saturated carbocycles. The number of nitrogens with one attached hydrogen (secondary N) is 1. The van der Waals surface area contributed by atoms with E-state index in [0.717, 1.165) is 12.2 Å². The molecule has 0 heterocycles. The zero-order valence-corrected chi connectivity index (χ0v) is 16.7. The smallest absolute Gasteiger partial charge is 0.255 e. The standard InChI is InChI=1S/C21H27NO4S/c1-3-4-5-6-15-26-20-13-11-19(12-14-20)22-21(23)18-9-7-17(8-10-18)16-27(2,24)25/h7-14H,3-6,15-16H2,1-2H3,(H,22,23). The second kappa shape index (κ2) is 10.1. The van der Waals surface area contributed by atoms with E-state index in [1.807, 2.05) is 12.1 Å². The third-order valence-electron chi connectivity index (χ3n) is 4.02. The van der Waals surface area contributed by atoms with Crippen LogP contribution in [-0.4, -0.2) is 27.2 Å². The Hall–Kier alpha value is -2.34. The summed E-state index contributed by atoms with van der Waals surface area (Å²) in [5, 5.41) is 2.82. The predicted octanol–water partition coefficient (Wildman–Crippen LogP) is 4.44. The number of ether oxygens (including phenoxy) is 1. The van der Waals surface area contributed by atoms with E-state index in [9.17, 15) is 13.2 Å². The highest BCUT2D eigenvalue weighted by molar-refractivity contribution is 7.89. The van der Waals surface area contributed by atoms with Crippen LogP contribution in [0.4, 0.5) is 5.69 Å². The van der Waals surface area contributed by atoms with Crippen LogP contribution in [0, 0.1) is 0 Å². The molecule has 27 heavy (non-hydrogen) atoms. The molecule has 6 heteroatoms. The number of anilines is 1. The maximum atomic E-state index is 12.3. The Bertz CT molecular complexity index is 827. The summed E-state index contributed by atoms with van der Waals surface area (Å²) in [5.74, 6) is 0.512. The molecule has 0 fully saturated rings. The van der Waals surface area contributed by atoms with Gasteiger partial charge < -0.3 is 10.1 Å². The molecule has 0 radical (unpaired) electrons. The Kier molecular flexibility index (Phi) is 7.85. The van der Waals surface area contributed by atoms with Gasteiger partial charge in [0.15, 0.2) is 9.84 Å². The van der Waals surface area contributed by atoms with Crippen molar-refractivity contribution in [2.45, 2.75) is 38.4 Å². The van der Waals surface area contributed by atoms with Gasteiger partial charge in [-0.2, -0.15) is 0 Å². The third-order valence-corrected chi connectivity index (χ3v) is 4.88. The van der Waals surface area contributed by atoms with E-state index in [1.165, 1.54) is 25.5 Å². The molecule has 0 saturated heterocycles. The number of benzene rings is 2. The van der Waals surface area contributed by atoms with Gasteiger partial charge in [-0.3, -0.25) is 4.79 Å².